The molecule has 0 amide bonds. The van der Waals surface area contributed by atoms with Gasteiger partial charge in [-0.3, -0.25) is 4.79 Å². The standard InChI is InChI=1S/C15H17FN2O2/c1-2-7-18-10-12(4-6-15(18)20)17-9-11-3-5-14(19)13(16)8-11/h3-6,8,10,17,19H,2,7,9H2,1H3. The normalized spacial score (nSPS) is 10.5. The Hall–Kier alpha value is -2.30. The lowest BCUT2D eigenvalue weighted by Crippen LogP contribution is -2.18. The lowest BCUT2D eigenvalue weighted by Gasteiger charge is -2.10. The van der Waals surface area contributed by atoms with Gasteiger partial charge < -0.3 is 15.0 Å². The van der Waals surface area contributed by atoms with Gasteiger partial charge in [0.2, 0.25) is 0 Å². The summed E-state index contributed by atoms with van der Waals surface area (Å²) in [6.07, 6.45) is 2.63. The molecule has 0 unspecified atom stereocenters. The van der Waals surface area contributed by atoms with Crippen LogP contribution in [0.4, 0.5) is 10.1 Å². The Morgan fingerprint density at radius 2 is 2.10 bits per heavy atom. The fourth-order valence-corrected chi connectivity index (χ4v) is 1.92. The minimum atomic E-state index is -0.639. The number of phenolic OH excluding ortho intramolecular Hbond substituents is 1. The zero-order valence-corrected chi connectivity index (χ0v) is 11.3. The van der Waals surface area contributed by atoms with Crippen molar-refractivity contribution in [3.63, 3.8) is 0 Å². The molecule has 0 saturated heterocycles. The van der Waals surface area contributed by atoms with Crippen molar-refractivity contribution >= 4 is 5.69 Å². The van der Waals surface area contributed by atoms with E-state index < -0.39 is 5.82 Å². The Labute approximate surface area is 116 Å². The summed E-state index contributed by atoms with van der Waals surface area (Å²) in [5.74, 6) is -0.995. The highest BCUT2D eigenvalue weighted by Crippen LogP contribution is 2.17. The van der Waals surface area contributed by atoms with Crippen LogP contribution >= 0.6 is 0 Å². The van der Waals surface area contributed by atoms with Crippen molar-refractivity contribution in [2.75, 3.05) is 5.32 Å². The molecule has 4 nitrogen and oxygen atoms in total. The number of rotatable bonds is 5. The van der Waals surface area contributed by atoms with Gasteiger partial charge in [-0.05, 0) is 30.2 Å². The van der Waals surface area contributed by atoms with Crippen LogP contribution in [0.1, 0.15) is 18.9 Å². The second kappa shape index (κ2) is 6.23. The predicted molar refractivity (Wildman–Crippen MR) is 76.4 cm³/mol. The minimum absolute atomic E-state index is 0.0342. The third-order valence-electron chi connectivity index (χ3n) is 2.96. The molecular formula is C15H17FN2O2. The average Bonchev–Trinajstić information content (AvgIpc) is 2.43. The Bertz CT molecular complexity index is 653. The smallest absolute Gasteiger partial charge is 0.250 e. The number of halogens is 1. The maximum atomic E-state index is 13.2. The number of hydrogen-bond acceptors (Lipinski definition) is 3. The summed E-state index contributed by atoms with van der Waals surface area (Å²) in [5.41, 5.74) is 1.48. The average molecular weight is 276 g/mol. The molecule has 0 aliphatic carbocycles. The molecule has 1 aromatic heterocycles. The third kappa shape index (κ3) is 3.38. The first-order chi connectivity index (χ1) is 9.60. The van der Waals surface area contributed by atoms with Crippen LogP contribution in [0.25, 0.3) is 0 Å². The zero-order chi connectivity index (χ0) is 14.5. The number of aryl methyl sites for hydroxylation is 1. The molecule has 0 spiro atoms. The van der Waals surface area contributed by atoms with Crippen molar-refractivity contribution in [3.8, 4) is 5.75 Å². The van der Waals surface area contributed by atoms with Gasteiger partial charge in [0.25, 0.3) is 5.56 Å². The first-order valence-electron chi connectivity index (χ1n) is 6.52. The summed E-state index contributed by atoms with van der Waals surface area (Å²) >= 11 is 0. The Balaban J connectivity index is 2.08. The van der Waals surface area contributed by atoms with E-state index in [4.69, 9.17) is 5.11 Å². The SMILES string of the molecule is CCCn1cc(NCc2ccc(O)c(F)c2)ccc1=O. The van der Waals surface area contributed by atoms with E-state index in [2.05, 4.69) is 5.32 Å². The Morgan fingerprint density at radius 3 is 2.80 bits per heavy atom. The van der Waals surface area contributed by atoms with E-state index in [1.165, 1.54) is 18.2 Å². The molecule has 0 fully saturated rings. The van der Waals surface area contributed by atoms with Crippen LogP contribution in [0.3, 0.4) is 0 Å². The van der Waals surface area contributed by atoms with Gasteiger partial charge in [-0.25, -0.2) is 4.39 Å². The summed E-state index contributed by atoms with van der Waals surface area (Å²) in [5, 5.41) is 12.2. The van der Waals surface area contributed by atoms with Gasteiger partial charge in [-0.1, -0.05) is 13.0 Å². The van der Waals surface area contributed by atoms with Crippen molar-refractivity contribution < 1.29 is 9.50 Å². The van der Waals surface area contributed by atoms with E-state index in [-0.39, 0.29) is 11.3 Å². The third-order valence-corrected chi connectivity index (χ3v) is 2.96. The number of aromatic nitrogens is 1. The molecule has 0 bridgehead atoms. The quantitative estimate of drug-likeness (QED) is 0.883. The van der Waals surface area contributed by atoms with Crippen molar-refractivity contribution in [2.24, 2.45) is 0 Å². The van der Waals surface area contributed by atoms with Gasteiger partial charge in [0.05, 0.1) is 5.69 Å². The number of nitrogens with zero attached hydrogens (tertiary/aromatic N) is 1. The summed E-state index contributed by atoms with van der Waals surface area (Å²) in [4.78, 5) is 11.6. The highest BCUT2D eigenvalue weighted by molar-refractivity contribution is 5.41. The van der Waals surface area contributed by atoms with Crippen LogP contribution in [0, 0.1) is 5.82 Å². The van der Waals surface area contributed by atoms with Crippen molar-refractivity contribution in [1.29, 1.82) is 0 Å². The topological polar surface area (TPSA) is 54.3 Å². The molecule has 1 heterocycles. The molecule has 20 heavy (non-hydrogen) atoms. The lowest BCUT2D eigenvalue weighted by molar-refractivity contribution is 0.432. The second-order valence-corrected chi connectivity index (χ2v) is 4.59. The fourth-order valence-electron chi connectivity index (χ4n) is 1.92. The van der Waals surface area contributed by atoms with Crippen LogP contribution < -0.4 is 10.9 Å². The molecule has 2 N–H and O–H groups in total. The minimum Gasteiger partial charge on any atom is -0.505 e. The van der Waals surface area contributed by atoms with Crippen LogP contribution in [-0.2, 0) is 13.1 Å². The molecule has 0 aliphatic rings. The molecule has 0 radical (unpaired) electrons. The van der Waals surface area contributed by atoms with E-state index in [0.717, 1.165) is 12.1 Å². The summed E-state index contributed by atoms with van der Waals surface area (Å²) in [7, 11) is 0. The molecule has 2 rings (SSSR count). The number of phenols is 1. The lowest BCUT2D eigenvalue weighted by atomic mass is 10.2. The van der Waals surface area contributed by atoms with E-state index in [1.807, 2.05) is 6.92 Å². The number of aromatic hydroxyl groups is 1. The Kier molecular flexibility index (Phi) is 4.40. The molecule has 106 valence electrons. The van der Waals surface area contributed by atoms with Crippen LogP contribution in [-0.4, -0.2) is 9.67 Å². The molecule has 2 aromatic rings. The monoisotopic (exact) mass is 276 g/mol. The van der Waals surface area contributed by atoms with E-state index in [9.17, 15) is 9.18 Å². The molecular weight excluding hydrogens is 259 g/mol. The number of hydrogen-bond donors (Lipinski definition) is 2. The molecule has 0 saturated carbocycles. The predicted octanol–water partition coefficient (Wildman–Crippen LogP) is 2.72. The summed E-state index contributed by atoms with van der Waals surface area (Å²) in [6, 6.07) is 7.46. The van der Waals surface area contributed by atoms with Gasteiger partial charge in [0.1, 0.15) is 0 Å². The first kappa shape index (κ1) is 14.1. The molecule has 0 atom stereocenters. The van der Waals surface area contributed by atoms with Crippen molar-refractivity contribution in [2.45, 2.75) is 26.4 Å². The largest absolute Gasteiger partial charge is 0.505 e. The number of benzene rings is 1. The van der Waals surface area contributed by atoms with Gasteiger partial charge in [0.15, 0.2) is 11.6 Å². The zero-order valence-electron chi connectivity index (χ0n) is 11.3. The highest BCUT2D eigenvalue weighted by Gasteiger charge is 2.02. The molecule has 5 heteroatoms. The first-order valence-corrected chi connectivity index (χ1v) is 6.52. The van der Waals surface area contributed by atoms with Gasteiger partial charge >= 0.3 is 0 Å². The van der Waals surface area contributed by atoms with Crippen LogP contribution in [0.15, 0.2) is 41.3 Å². The van der Waals surface area contributed by atoms with E-state index >= 15 is 0 Å². The van der Waals surface area contributed by atoms with E-state index in [0.29, 0.717) is 18.7 Å². The maximum absolute atomic E-state index is 13.2. The van der Waals surface area contributed by atoms with Gasteiger partial charge in [0, 0.05) is 25.4 Å². The Morgan fingerprint density at radius 1 is 1.30 bits per heavy atom. The maximum Gasteiger partial charge on any atom is 0.250 e. The molecule has 1 aromatic carbocycles. The van der Waals surface area contributed by atoms with Crippen LogP contribution in [0.2, 0.25) is 0 Å². The highest BCUT2D eigenvalue weighted by atomic mass is 19.1. The second-order valence-electron chi connectivity index (χ2n) is 4.59. The fraction of sp³-hybridized carbons (Fsp3) is 0.267. The van der Waals surface area contributed by atoms with Gasteiger partial charge in [-0.2, -0.15) is 0 Å². The number of nitrogens with one attached hydrogen (secondary N) is 1. The number of pyridine rings is 1. The van der Waals surface area contributed by atoms with Gasteiger partial charge in [-0.15, -0.1) is 0 Å². The molecule has 0 aliphatic heterocycles. The van der Waals surface area contributed by atoms with Crippen molar-refractivity contribution in [1.82, 2.24) is 4.57 Å². The summed E-state index contributed by atoms with van der Waals surface area (Å²) < 4.78 is 14.8. The number of anilines is 1. The van der Waals surface area contributed by atoms with Crippen LogP contribution in [0.5, 0.6) is 5.75 Å². The summed E-state index contributed by atoms with van der Waals surface area (Å²) in [6.45, 7) is 3.09. The van der Waals surface area contributed by atoms with E-state index in [1.54, 1.807) is 22.9 Å². The van der Waals surface area contributed by atoms with Crippen molar-refractivity contribution in [3.05, 3.63) is 58.3 Å².